The van der Waals surface area contributed by atoms with Gasteiger partial charge in [-0.3, -0.25) is 4.90 Å². The van der Waals surface area contributed by atoms with Crippen molar-refractivity contribution in [1.29, 1.82) is 0 Å². The molecule has 0 aromatic heterocycles. The van der Waals surface area contributed by atoms with Crippen molar-refractivity contribution < 1.29 is 4.74 Å². The molecule has 0 radical (unpaired) electrons. The third-order valence-electron chi connectivity index (χ3n) is 3.74. The van der Waals surface area contributed by atoms with Gasteiger partial charge in [0, 0.05) is 13.6 Å². The number of thiocarbonyl (C=S) groups is 1. The fourth-order valence-electron chi connectivity index (χ4n) is 2.33. The first-order valence-corrected chi connectivity index (χ1v) is 6.58. The average molecular weight is 264 g/mol. The molecule has 98 valence electrons. The van der Waals surface area contributed by atoms with E-state index < -0.39 is 0 Å². The normalized spacial score (nSPS) is 23.3. The van der Waals surface area contributed by atoms with E-state index in [4.69, 9.17) is 17.0 Å². The highest BCUT2D eigenvalue weighted by Crippen LogP contribution is 2.29. The summed E-state index contributed by atoms with van der Waals surface area (Å²) in [6.07, 6.45) is 0.992. The Morgan fingerprint density at radius 3 is 2.78 bits per heavy atom. The molecular weight excluding hydrogens is 244 g/mol. The number of nitrogens with one attached hydrogen (secondary N) is 1. The number of hydrogen-bond acceptors (Lipinski definition) is 3. The van der Waals surface area contributed by atoms with Crippen LogP contribution in [0.25, 0.3) is 0 Å². The van der Waals surface area contributed by atoms with E-state index in [9.17, 15) is 0 Å². The molecule has 1 aromatic rings. The van der Waals surface area contributed by atoms with Crippen LogP contribution in [0.4, 0.5) is 0 Å². The fraction of sp³-hybridized carbons (Fsp3) is 0.500. The third kappa shape index (κ3) is 2.65. The quantitative estimate of drug-likeness (QED) is 0.825. The van der Waals surface area contributed by atoms with Crippen molar-refractivity contribution >= 4 is 17.4 Å². The van der Waals surface area contributed by atoms with Crippen LogP contribution in [0.1, 0.15) is 18.1 Å². The van der Waals surface area contributed by atoms with Gasteiger partial charge < -0.3 is 10.1 Å². The van der Waals surface area contributed by atoms with Crippen molar-refractivity contribution in [2.75, 3.05) is 20.7 Å². The summed E-state index contributed by atoms with van der Waals surface area (Å²) in [5.41, 5.74) is 2.82. The van der Waals surface area contributed by atoms with Crippen LogP contribution in [0.5, 0.6) is 0 Å². The van der Waals surface area contributed by atoms with Crippen LogP contribution in [0.15, 0.2) is 24.3 Å². The van der Waals surface area contributed by atoms with Crippen molar-refractivity contribution in [2.24, 2.45) is 0 Å². The van der Waals surface area contributed by atoms with Crippen molar-refractivity contribution in [2.45, 2.75) is 25.4 Å². The molecule has 1 heterocycles. The van der Waals surface area contributed by atoms with E-state index in [1.807, 2.05) is 0 Å². The lowest BCUT2D eigenvalue weighted by Crippen LogP contribution is -2.52. The standard InChI is InChI=1S/C14H20N2OS/c1-14(10-17-13(18)15-2)8-11-6-4-5-7-12(11)9-16(14)3/h4-7H,8-10H2,1-3H3,(H,15,18)/t14-/m0/s1. The van der Waals surface area contributed by atoms with Gasteiger partial charge in [0.2, 0.25) is 0 Å². The lowest BCUT2D eigenvalue weighted by molar-refractivity contribution is 0.0542. The molecular formula is C14H20N2OS. The smallest absolute Gasteiger partial charge is 0.256 e. The minimum Gasteiger partial charge on any atom is -0.469 e. The van der Waals surface area contributed by atoms with Crippen LogP contribution in [0, 0.1) is 0 Å². The van der Waals surface area contributed by atoms with Crippen molar-refractivity contribution in [3.63, 3.8) is 0 Å². The van der Waals surface area contributed by atoms with Crippen LogP contribution in [0.2, 0.25) is 0 Å². The summed E-state index contributed by atoms with van der Waals surface area (Å²) in [7, 11) is 3.92. The SMILES string of the molecule is CNC(=S)OC[C@]1(C)Cc2ccccc2CN1C. The molecule has 0 spiro atoms. The lowest BCUT2D eigenvalue weighted by Gasteiger charge is -2.43. The number of ether oxygens (including phenoxy) is 1. The Balaban J connectivity index is 2.12. The summed E-state index contributed by atoms with van der Waals surface area (Å²) in [4.78, 5) is 2.34. The molecule has 1 aliphatic rings. The maximum atomic E-state index is 5.60. The minimum atomic E-state index is -0.00470. The second-order valence-electron chi connectivity index (χ2n) is 5.12. The molecule has 0 fully saturated rings. The van der Waals surface area contributed by atoms with E-state index in [2.05, 4.69) is 48.5 Å². The van der Waals surface area contributed by atoms with Gasteiger partial charge in [-0.25, -0.2) is 0 Å². The Morgan fingerprint density at radius 1 is 1.44 bits per heavy atom. The Bertz CT molecular complexity index is 449. The summed E-state index contributed by atoms with van der Waals surface area (Å²) in [5.74, 6) is 0. The predicted octanol–water partition coefficient (Wildman–Crippen LogP) is 1.95. The number of fused-ring (bicyclic) bond motifs is 1. The second-order valence-corrected chi connectivity index (χ2v) is 5.50. The molecule has 0 saturated heterocycles. The summed E-state index contributed by atoms with van der Waals surface area (Å²) < 4.78 is 5.60. The van der Waals surface area contributed by atoms with Crippen LogP contribution in [-0.4, -0.2) is 36.3 Å². The second kappa shape index (κ2) is 5.24. The van der Waals surface area contributed by atoms with E-state index in [1.165, 1.54) is 11.1 Å². The van der Waals surface area contributed by atoms with Crippen molar-refractivity contribution in [3.05, 3.63) is 35.4 Å². The molecule has 3 nitrogen and oxygen atoms in total. The number of rotatable bonds is 2. The Kier molecular flexibility index (Phi) is 3.88. The van der Waals surface area contributed by atoms with Crippen molar-refractivity contribution in [1.82, 2.24) is 10.2 Å². The van der Waals surface area contributed by atoms with Gasteiger partial charge in [0.15, 0.2) is 0 Å². The van der Waals surface area contributed by atoms with E-state index >= 15 is 0 Å². The van der Waals surface area contributed by atoms with Gasteiger partial charge in [-0.2, -0.15) is 0 Å². The lowest BCUT2D eigenvalue weighted by atomic mass is 9.85. The maximum Gasteiger partial charge on any atom is 0.256 e. The molecule has 0 aliphatic carbocycles. The Labute approximate surface area is 114 Å². The zero-order chi connectivity index (χ0) is 13.2. The fourth-order valence-corrected chi connectivity index (χ4v) is 2.39. The number of hydrogen-bond donors (Lipinski definition) is 1. The topological polar surface area (TPSA) is 24.5 Å². The summed E-state index contributed by atoms with van der Waals surface area (Å²) in [6.45, 7) is 3.79. The van der Waals surface area contributed by atoms with Gasteiger partial charge in [0.25, 0.3) is 5.17 Å². The molecule has 1 aliphatic heterocycles. The Hall–Kier alpha value is -1.13. The molecule has 1 atom stereocenters. The average Bonchev–Trinajstić information content (AvgIpc) is 2.37. The summed E-state index contributed by atoms with van der Waals surface area (Å²) in [5, 5.41) is 3.31. The number of benzene rings is 1. The largest absolute Gasteiger partial charge is 0.469 e. The third-order valence-corrected chi connectivity index (χ3v) is 4.06. The Morgan fingerprint density at radius 2 is 2.11 bits per heavy atom. The van der Waals surface area contributed by atoms with Gasteiger partial charge >= 0.3 is 0 Å². The maximum absolute atomic E-state index is 5.60. The minimum absolute atomic E-state index is 0.00470. The zero-order valence-electron chi connectivity index (χ0n) is 11.2. The highest BCUT2D eigenvalue weighted by atomic mass is 32.1. The molecule has 0 bridgehead atoms. The van der Waals surface area contributed by atoms with E-state index in [0.29, 0.717) is 11.8 Å². The van der Waals surface area contributed by atoms with Crippen LogP contribution < -0.4 is 5.32 Å². The van der Waals surface area contributed by atoms with Gasteiger partial charge in [-0.15, -0.1) is 0 Å². The molecule has 1 N–H and O–H groups in total. The molecule has 0 saturated carbocycles. The van der Waals surface area contributed by atoms with E-state index in [1.54, 1.807) is 7.05 Å². The zero-order valence-corrected chi connectivity index (χ0v) is 12.0. The van der Waals surface area contributed by atoms with Gasteiger partial charge in [0.1, 0.15) is 6.61 Å². The monoisotopic (exact) mass is 264 g/mol. The first kappa shape index (κ1) is 13.3. The summed E-state index contributed by atoms with van der Waals surface area (Å²) >= 11 is 5.04. The molecule has 2 rings (SSSR count). The molecule has 0 unspecified atom stereocenters. The van der Waals surface area contributed by atoms with Crippen molar-refractivity contribution in [3.8, 4) is 0 Å². The van der Waals surface area contributed by atoms with Gasteiger partial charge in [-0.05, 0) is 43.7 Å². The van der Waals surface area contributed by atoms with E-state index in [-0.39, 0.29) is 5.54 Å². The number of likely N-dealkylation sites (N-methyl/N-ethyl adjacent to an activating group) is 1. The summed E-state index contributed by atoms with van der Waals surface area (Å²) in [6, 6.07) is 8.60. The van der Waals surface area contributed by atoms with Crippen LogP contribution >= 0.6 is 12.2 Å². The van der Waals surface area contributed by atoms with Gasteiger partial charge in [-0.1, -0.05) is 24.3 Å². The van der Waals surface area contributed by atoms with Crippen LogP contribution in [-0.2, 0) is 17.7 Å². The van der Waals surface area contributed by atoms with Gasteiger partial charge in [0.05, 0.1) is 5.54 Å². The number of nitrogens with zero attached hydrogens (tertiary/aromatic N) is 1. The highest BCUT2D eigenvalue weighted by molar-refractivity contribution is 7.80. The van der Waals surface area contributed by atoms with E-state index in [0.717, 1.165) is 13.0 Å². The molecule has 1 aromatic carbocycles. The first-order valence-electron chi connectivity index (χ1n) is 6.18. The molecule has 4 heteroatoms. The predicted molar refractivity (Wildman–Crippen MR) is 77.6 cm³/mol. The molecule has 0 amide bonds. The van der Waals surface area contributed by atoms with Crippen LogP contribution in [0.3, 0.4) is 0 Å². The highest BCUT2D eigenvalue weighted by Gasteiger charge is 2.35. The molecule has 18 heavy (non-hydrogen) atoms. The first-order chi connectivity index (χ1) is 8.55.